The Morgan fingerprint density at radius 2 is 0.438 bits per heavy atom. The number of nitrogens with zero attached hydrogens (tertiary/aromatic N) is 7. The van der Waals surface area contributed by atoms with Crippen LogP contribution >= 0.6 is 0 Å². The van der Waals surface area contributed by atoms with E-state index in [4.69, 9.17) is 0 Å². The molecule has 3 aliphatic rings. The first-order valence-electron chi connectivity index (χ1n) is 44.6. The van der Waals surface area contributed by atoms with E-state index in [-0.39, 0.29) is 16.2 Å². The van der Waals surface area contributed by atoms with E-state index in [1.807, 2.05) is 12.1 Å². The maximum atomic E-state index is 2.38. The molecule has 3 aliphatic carbocycles. The highest BCUT2D eigenvalue weighted by Crippen LogP contribution is 2.54. The molecule has 21 aromatic rings. The average molecular weight is 1650 g/mol. The lowest BCUT2D eigenvalue weighted by atomic mass is 9.82. The third-order valence-electron chi connectivity index (χ3n) is 27.4. The Morgan fingerprint density at radius 1 is 0.180 bits per heavy atom. The highest BCUT2D eigenvalue weighted by molar-refractivity contribution is 6.12. The monoisotopic (exact) mass is 1650 g/mol. The van der Waals surface area contributed by atoms with Crippen molar-refractivity contribution < 1.29 is 0 Å². The Balaban J connectivity index is 0.000000106. The second-order valence-corrected chi connectivity index (χ2v) is 35.9. The zero-order valence-corrected chi connectivity index (χ0v) is 74.1. The molecule has 0 fully saturated rings. The van der Waals surface area contributed by atoms with E-state index >= 15 is 0 Å². The molecular weight excluding hydrogens is 1550 g/mol. The standard InChI is InChI=1S/3C34H28N2.C19H17N/c1-34(2)30-13-7-4-10-26(30)27-21-20-25(22-31(27)34)35(3)23-16-18-24(19-17-23)36-32-14-8-5-11-28(32)29-12-6-9-15-33(29)36;1-34(2)30-15-9-7-13-26(30)27-19-17-25(22-31(27)34)35(3)24-18-20-33-29(21-24)28-14-8-10-16-32(28)36(33)23-11-5-4-6-12-23;1-34(2)30-15-9-7-13-26(30)27-19-17-24(21-31(27)34)35(3)25-18-20-29-28-14-8-10-16-32(28)36(33(29)22-25)23-11-5-4-6-12-23;1-16-12-14-19(15-13-16)20(17-8-4-2-5-9-17)18-10-6-3-7-11-18/h3*4-22H,1-3H3;2-15H,1H3. The van der Waals surface area contributed by atoms with Gasteiger partial charge < -0.3 is 33.3 Å². The molecule has 0 spiro atoms. The van der Waals surface area contributed by atoms with Crippen molar-refractivity contribution >= 4 is 117 Å². The average Bonchev–Trinajstić information content (AvgIpc) is 1.58. The van der Waals surface area contributed by atoms with Crippen LogP contribution in [0.15, 0.2) is 431 Å². The van der Waals surface area contributed by atoms with E-state index in [1.54, 1.807) is 0 Å². The van der Waals surface area contributed by atoms with Gasteiger partial charge in [0.25, 0.3) is 0 Å². The molecule has 0 saturated carbocycles. The summed E-state index contributed by atoms with van der Waals surface area (Å²) in [4.78, 5) is 9.17. The van der Waals surface area contributed by atoms with Crippen LogP contribution in [0, 0.1) is 6.92 Å². The Hall–Kier alpha value is -15.4. The normalized spacial score (nSPS) is 13.1. The molecule has 0 unspecified atom stereocenters. The van der Waals surface area contributed by atoms with Gasteiger partial charge in [0.2, 0.25) is 0 Å². The van der Waals surface area contributed by atoms with Gasteiger partial charge in [0.15, 0.2) is 0 Å². The third-order valence-corrected chi connectivity index (χ3v) is 27.4. The number of hydrogen-bond acceptors (Lipinski definition) is 4. The fraction of sp³-hybridized carbons (Fsp3) is 0.107. The van der Waals surface area contributed by atoms with Crippen molar-refractivity contribution in [1.82, 2.24) is 13.7 Å². The first-order chi connectivity index (χ1) is 62.5. The van der Waals surface area contributed by atoms with Crippen LogP contribution in [0.3, 0.4) is 0 Å². The highest BCUT2D eigenvalue weighted by Gasteiger charge is 2.39. The molecule has 3 aromatic heterocycles. The van der Waals surface area contributed by atoms with Gasteiger partial charge in [-0.15, -0.1) is 0 Å². The van der Waals surface area contributed by atoms with Crippen LogP contribution in [0.2, 0.25) is 0 Å². The molecular formula is C121H101N7. The van der Waals surface area contributed by atoms with Crippen molar-refractivity contribution in [3.63, 3.8) is 0 Å². The number of aromatic nitrogens is 3. The van der Waals surface area contributed by atoms with Gasteiger partial charge in [-0.05, 0) is 250 Å². The summed E-state index contributed by atoms with van der Waals surface area (Å²) >= 11 is 0. The highest BCUT2D eigenvalue weighted by atomic mass is 15.1. The number of aryl methyl sites for hydroxylation is 1. The zero-order valence-electron chi connectivity index (χ0n) is 74.1. The number of rotatable bonds is 12. The van der Waals surface area contributed by atoms with Crippen LogP contribution in [0.25, 0.3) is 116 Å². The van der Waals surface area contributed by atoms with Crippen LogP contribution in [0.4, 0.5) is 51.2 Å². The van der Waals surface area contributed by atoms with E-state index < -0.39 is 0 Å². The molecule has 620 valence electrons. The molecule has 7 heteroatoms. The molecule has 24 rings (SSSR count). The molecule has 0 atom stereocenters. The van der Waals surface area contributed by atoms with Crippen LogP contribution < -0.4 is 19.6 Å². The minimum absolute atomic E-state index is 0.00314. The van der Waals surface area contributed by atoms with Gasteiger partial charge in [0.05, 0.1) is 33.1 Å². The molecule has 0 saturated heterocycles. The molecule has 0 aliphatic heterocycles. The third kappa shape index (κ3) is 13.8. The Kier molecular flexibility index (Phi) is 20.1. The second-order valence-electron chi connectivity index (χ2n) is 35.9. The van der Waals surface area contributed by atoms with Crippen LogP contribution in [0.1, 0.15) is 80.5 Å². The second kappa shape index (κ2) is 32.3. The Labute approximate surface area is 750 Å². The van der Waals surface area contributed by atoms with Crippen molar-refractivity contribution in [2.24, 2.45) is 0 Å². The number of benzene rings is 18. The number of anilines is 9. The summed E-state index contributed by atoms with van der Waals surface area (Å²) in [5, 5.41) is 7.68. The predicted molar refractivity (Wildman–Crippen MR) is 544 cm³/mol. The van der Waals surface area contributed by atoms with Gasteiger partial charge in [-0.25, -0.2) is 0 Å². The summed E-state index contributed by atoms with van der Waals surface area (Å²) in [6, 6.07) is 155. The van der Waals surface area contributed by atoms with E-state index in [2.05, 4.69) is 521 Å². The summed E-state index contributed by atoms with van der Waals surface area (Å²) in [5.41, 5.74) is 39.4. The van der Waals surface area contributed by atoms with Gasteiger partial charge in [-0.3, -0.25) is 0 Å². The van der Waals surface area contributed by atoms with Crippen LogP contribution in [-0.2, 0) is 16.2 Å². The lowest BCUT2D eigenvalue weighted by Gasteiger charge is -2.25. The minimum Gasteiger partial charge on any atom is -0.345 e. The predicted octanol–water partition coefficient (Wildman–Crippen LogP) is 32.0. The molecule has 7 nitrogen and oxygen atoms in total. The van der Waals surface area contributed by atoms with Crippen molar-refractivity contribution in [3.05, 3.63) is 470 Å². The first-order valence-corrected chi connectivity index (χ1v) is 44.6. The smallest absolute Gasteiger partial charge is 0.0561 e. The van der Waals surface area contributed by atoms with Crippen LogP contribution in [0.5, 0.6) is 0 Å². The lowest BCUT2D eigenvalue weighted by Crippen LogP contribution is -2.16. The van der Waals surface area contributed by atoms with Gasteiger partial charge in [0.1, 0.15) is 0 Å². The molecule has 0 N–H and O–H groups in total. The molecule has 3 heterocycles. The number of para-hydroxylation sites is 8. The lowest BCUT2D eigenvalue weighted by molar-refractivity contribution is 0.660. The molecule has 0 amide bonds. The fourth-order valence-electron chi connectivity index (χ4n) is 20.5. The summed E-state index contributed by atoms with van der Waals surface area (Å²) in [6.07, 6.45) is 0. The van der Waals surface area contributed by atoms with E-state index in [9.17, 15) is 0 Å². The summed E-state index contributed by atoms with van der Waals surface area (Å²) < 4.78 is 7.11. The van der Waals surface area contributed by atoms with Crippen molar-refractivity contribution in [3.8, 4) is 50.4 Å². The molecule has 18 aromatic carbocycles. The SMILES string of the molecule is CN(c1ccc(-n2c3ccccc3c3ccccc32)cc1)c1ccc2c(c1)C(C)(C)c1ccccc1-2.CN(c1ccc2c(c1)C(C)(C)c1ccccc1-2)c1ccc2c(c1)c1ccccc1n2-c1ccccc1.CN(c1ccc2c(c1)C(C)(C)c1ccccc1-2)c1ccc2c3ccccc3n(-c3ccccc3)c2c1.Cc1ccc(N(c2ccccc2)c2ccccc2)cc1. The van der Waals surface area contributed by atoms with E-state index in [1.165, 1.54) is 206 Å². The summed E-state index contributed by atoms with van der Waals surface area (Å²) in [6.45, 7) is 16.1. The van der Waals surface area contributed by atoms with E-state index in [0.29, 0.717) is 0 Å². The van der Waals surface area contributed by atoms with E-state index in [0.717, 1.165) is 0 Å². The maximum absolute atomic E-state index is 2.38. The topological polar surface area (TPSA) is 27.8 Å². The van der Waals surface area contributed by atoms with Crippen molar-refractivity contribution in [1.29, 1.82) is 0 Å². The fourth-order valence-corrected chi connectivity index (χ4v) is 20.5. The summed E-state index contributed by atoms with van der Waals surface area (Å²) in [7, 11) is 6.51. The maximum Gasteiger partial charge on any atom is 0.0561 e. The summed E-state index contributed by atoms with van der Waals surface area (Å²) in [5.74, 6) is 0. The van der Waals surface area contributed by atoms with Gasteiger partial charge in [-0.1, -0.05) is 302 Å². The molecule has 0 bridgehead atoms. The van der Waals surface area contributed by atoms with Crippen molar-refractivity contribution in [2.75, 3.05) is 40.7 Å². The Morgan fingerprint density at radius 3 is 0.844 bits per heavy atom. The largest absolute Gasteiger partial charge is 0.345 e. The van der Waals surface area contributed by atoms with Gasteiger partial charge >= 0.3 is 0 Å². The minimum atomic E-state index is -0.00748. The van der Waals surface area contributed by atoms with Crippen molar-refractivity contribution in [2.45, 2.75) is 64.7 Å². The molecule has 128 heavy (non-hydrogen) atoms. The van der Waals surface area contributed by atoms with Gasteiger partial charge in [0, 0.05) is 138 Å². The van der Waals surface area contributed by atoms with Crippen LogP contribution in [-0.4, -0.2) is 34.8 Å². The first kappa shape index (κ1) is 79.7. The quantitative estimate of drug-likeness (QED) is 0.122. The number of hydrogen-bond donors (Lipinski definition) is 0. The zero-order chi connectivity index (χ0) is 87.1. The Bertz CT molecular complexity index is 7670. The number of fused-ring (bicyclic) bond motifs is 18. The van der Waals surface area contributed by atoms with Gasteiger partial charge in [-0.2, -0.15) is 0 Å². The molecule has 0 radical (unpaired) electrons.